The Morgan fingerprint density at radius 3 is 2.57 bits per heavy atom. The van der Waals surface area contributed by atoms with Gasteiger partial charge in [0.15, 0.2) is 5.16 Å². The van der Waals surface area contributed by atoms with Crippen molar-refractivity contribution in [1.29, 1.82) is 0 Å². The van der Waals surface area contributed by atoms with Crippen LogP contribution in [-0.4, -0.2) is 24.3 Å². The Morgan fingerprint density at radius 1 is 1.13 bits per heavy atom. The number of thioether (sulfide) groups is 1. The Morgan fingerprint density at radius 2 is 1.87 bits per heavy atom. The third kappa shape index (κ3) is 3.32. The first-order chi connectivity index (χ1) is 11.0. The lowest BCUT2D eigenvalue weighted by molar-refractivity contribution is 0.367. The van der Waals surface area contributed by atoms with Crippen molar-refractivity contribution in [2.24, 2.45) is 0 Å². The number of aromatic nitrogens is 5. The van der Waals surface area contributed by atoms with E-state index in [2.05, 4.69) is 64.1 Å². The number of benzene rings is 1. The van der Waals surface area contributed by atoms with Crippen LogP contribution in [0.15, 0.2) is 54.2 Å². The molecular formula is C17H21N5S. The molecule has 0 saturated heterocycles. The molecule has 0 aliphatic carbocycles. The smallest absolute Gasteiger partial charge is 0.192 e. The molecule has 3 aromatic rings. The van der Waals surface area contributed by atoms with Crippen LogP contribution in [0.5, 0.6) is 0 Å². The summed E-state index contributed by atoms with van der Waals surface area (Å²) < 4.78 is 4.22. The summed E-state index contributed by atoms with van der Waals surface area (Å²) in [7, 11) is 0. The van der Waals surface area contributed by atoms with Crippen LogP contribution in [0, 0.1) is 0 Å². The molecule has 1 atom stereocenters. The number of hydrogen-bond acceptors (Lipinski definition) is 4. The van der Waals surface area contributed by atoms with Crippen LogP contribution < -0.4 is 0 Å². The SMILES string of the molecule is CC(Sc1nncn1C(C)(C)C)c1nccn1-c1ccccc1. The quantitative estimate of drug-likeness (QED) is 0.678. The molecule has 0 fully saturated rings. The van der Waals surface area contributed by atoms with E-state index >= 15 is 0 Å². The van der Waals surface area contributed by atoms with Gasteiger partial charge in [0.25, 0.3) is 0 Å². The van der Waals surface area contributed by atoms with Crippen LogP contribution in [0.3, 0.4) is 0 Å². The molecule has 2 heterocycles. The largest absolute Gasteiger partial charge is 0.303 e. The highest BCUT2D eigenvalue weighted by Crippen LogP contribution is 2.35. The van der Waals surface area contributed by atoms with E-state index in [4.69, 9.17) is 0 Å². The van der Waals surface area contributed by atoms with E-state index < -0.39 is 0 Å². The minimum absolute atomic E-state index is 0.0413. The van der Waals surface area contributed by atoms with Gasteiger partial charge in [-0.2, -0.15) is 0 Å². The molecule has 0 N–H and O–H groups in total. The van der Waals surface area contributed by atoms with Crippen molar-refractivity contribution in [3.8, 4) is 5.69 Å². The second-order valence-corrected chi connectivity index (χ2v) is 7.71. The average Bonchev–Trinajstić information content (AvgIpc) is 3.16. The Labute approximate surface area is 140 Å². The first-order valence-corrected chi connectivity index (χ1v) is 8.50. The number of nitrogens with zero attached hydrogens (tertiary/aromatic N) is 5. The summed E-state index contributed by atoms with van der Waals surface area (Å²) in [6.45, 7) is 8.59. The van der Waals surface area contributed by atoms with Crippen LogP contribution in [0.4, 0.5) is 0 Å². The molecule has 0 saturated carbocycles. The molecule has 0 bridgehead atoms. The van der Waals surface area contributed by atoms with E-state index in [1.54, 1.807) is 18.1 Å². The molecule has 6 heteroatoms. The fourth-order valence-electron chi connectivity index (χ4n) is 2.40. The summed E-state index contributed by atoms with van der Waals surface area (Å²) in [6, 6.07) is 10.3. The zero-order valence-electron chi connectivity index (χ0n) is 13.8. The van der Waals surface area contributed by atoms with Gasteiger partial charge in [-0.25, -0.2) is 4.98 Å². The number of rotatable bonds is 4. The van der Waals surface area contributed by atoms with Crippen molar-refractivity contribution in [3.05, 3.63) is 54.9 Å². The predicted octanol–water partition coefficient (Wildman–Crippen LogP) is 4.07. The Kier molecular flexibility index (Phi) is 4.26. The summed E-state index contributed by atoms with van der Waals surface area (Å²) >= 11 is 1.68. The first kappa shape index (κ1) is 15.8. The van der Waals surface area contributed by atoms with E-state index in [-0.39, 0.29) is 10.8 Å². The molecule has 0 aliphatic rings. The molecule has 0 amide bonds. The van der Waals surface area contributed by atoms with Gasteiger partial charge in [-0.05, 0) is 39.8 Å². The number of imidazole rings is 1. The van der Waals surface area contributed by atoms with Crippen LogP contribution >= 0.6 is 11.8 Å². The topological polar surface area (TPSA) is 48.5 Å². The van der Waals surface area contributed by atoms with Crippen LogP contribution in [0.25, 0.3) is 5.69 Å². The van der Waals surface area contributed by atoms with Gasteiger partial charge in [-0.15, -0.1) is 10.2 Å². The molecule has 3 rings (SSSR count). The maximum absolute atomic E-state index is 4.55. The summed E-state index contributed by atoms with van der Waals surface area (Å²) in [4.78, 5) is 4.55. The molecule has 0 radical (unpaired) electrons. The zero-order valence-corrected chi connectivity index (χ0v) is 14.7. The molecular weight excluding hydrogens is 306 g/mol. The van der Waals surface area contributed by atoms with Gasteiger partial charge in [0, 0.05) is 23.6 Å². The van der Waals surface area contributed by atoms with Crippen LogP contribution in [0.2, 0.25) is 0 Å². The maximum Gasteiger partial charge on any atom is 0.192 e. The van der Waals surface area contributed by atoms with E-state index in [9.17, 15) is 0 Å². The molecule has 1 unspecified atom stereocenters. The summed E-state index contributed by atoms with van der Waals surface area (Å²) in [5.41, 5.74) is 1.07. The van der Waals surface area contributed by atoms with Gasteiger partial charge in [0.2, 0.25) is 0 Å². The van der Waals surface area contributed by atoms with Crippen molar-refractivity contribution in [1.82, 2.24) is 24.3 Å². The fourth-order valence-corrected chi connectivity index (χ4v) is 3.52. The highest BCUT2D eigenvalue weighted by Gasteiger charge is 2.22. The Bertz CT molecular complexity index is 770. The minimum atomic E-state index is -0.0413. The van der Waals surface area contributed by atoms with Crippen molar-refractivity contribution >= 4 is 11.8 Å². The normalized spacial score (nSPS) is 13.2. The number of para-hydroxylation sites is 1. The van der Waals surface area contributed by atoms with Gasteiger partial charge in [-0.3, -0.25) is 0 Å². The standard InChI is InChI=1S/C17H21N5S/c1-13(23-16-20-19-12-22(16)17(2,3)4)15-18-10-11-21(15)14-8-6-5-7-9-14/h5-13H,1-4H3. The maximum atomic E-state index is 4.55. The van der Waals surface area contributed by atoms with E-state index in [0.29, 0.717) is 0 Å². The molecule has 1 aromatic carbocycles. The molecule has 0 aliphatic heterocycles. The predicted molar refractivity (Wildman–Crippen MR) is 92.9 cm³/mol. The third-order valence-electron chi connectivity index (χ3n) is 3.59. The van der Waals surface area contributed by atoms with E-state index in [1.807, 2.05) is 30.6 Å². The second kappa shape index (κ2) is 6.20. The zero-order chi connectivity index (χ0) is 16.4. The summed E-state index contributed by atoms with van der Waals surface area (Å²) in [5, 5.41) is 9.41. The van der Waals surface area contributed by atoms with Gasteiger partial charge in [-0.1, -0.05) is 30.0 Å². The Hall–Kier alpha value is -2.08. The summed E-state index contributed by atoms with van der Waals surface area (Å²) in [5.74, 6) is 1.00. The van der Waals surface area contributed by atoms with Gasteiger partial charge in [0.05, 0.1) is 5.25 Å². The molecule has 0 spiro atoms. The average molecular weight is 327 g/mol. The fraction of sp³-hybridized carbons (Fsp3) is 0.353. The van der Waals surface area contributed by atoms with Crippen molar-refractivity contribution < 1.29 is 0 Å². The van der Waals surface area contributed by atoms with Gasteiger partial charge in [0.1, 0.15) is 12.2 Å². The lowest BCUT2D eigenvalue weighted by Gasteiger charge is -2.23. The third-order valence-corrected chi connectivity index (χ3v) is 4.64. The Balaban J connectivity index is 1.87. The molecule has 5 nitrogen and oxygen atoms in total. The monoisotopic (exact) mass is 327 g/mol. The van der Waals surface area contributed by atoms with Crippen molar-refractivity contribution in [2.45, 2.75) is 43.6 Å². The highest BCUT2D eigenvalue weighted by atomic mass is 32.2. The van der Waals surface area contributed by atoms with E-state index in [1.165, 1.54) is 0 Å². The lowest BCUT2D eigenvalue weighted by Crippen LogP contribution is -2.22. The van der Waals surface area contributed by atoms with Crippen molar-refractivity contribution in [3.63, 3.8) is 0 Å². The first-order valence-electron chi connectivity index (χ1n) is 7.62. The number of hydrogen-bond donors (Lipinski definition) is 0. The lowest BCUT2D eigenvalue weighted by atomic mass is 10.1. The summed E-state index contributed by atoms with van der Waals surface area (Å²) in [6.07, 6.45) is 5.63. The van der Waals surface area contributed by atoms with Crippen LogP contribution in [0.1, 0.15) is 38.8 Å². The highest BCUT2D eigenvalue weighted by molar-refractivity contribution is 7.99. The van der Waals surface area contributed by atoms with Gasteiger partial charge >= 0.3 is 0 Å². The minimum Gasteiger partial charge on any atom is -0.303 e. The second-order valence-electron chi connectivity index (χ2n) is 6.41. The molecule has 120 valence electrons. The van der Waals surface area contributed by atoms with Crippen molar-refractivity contribution in [2.75, 3.05) is 0 Å². The molecule has 2 aromatic heterocycles. The van der Waals surface area contributed by atoms with Gasteiger partial charge < -0.3 is 9.13 Å². The van der Waals surface area contributed by atoms with Crippen LogP contribution in [-0.2, 0) is 5.54 Å². The molecule has 23 heavy (non-hydrogen) atoms. The van der Waals surface area contributed by atoms with E-state index in [0.717, 1.165) is 16.7 Å².